The van der Waals surface area contributed by atoms with Crippen molar-refractivity contribution < 1.29 is 13.5 Å². The van der Waals surface area contributed by atoms with E-state index in [-0.39, 0.29) is 22.8 Å². The standard InChI is InChI=1S/C28H26ClF2N5O/c1-16-8-6-7-9-21(16)34-18(3)17(2)25-14-32-24(15-36(25)4)26-20(30)10-11-22(27(26)31)35-23-12-19(29)13-33-28(23)37-5/h6-15,34-35H,3H2,1-2,4-5H3/b25-17+. The number of methoxy groups -OCH3 is 1. The van der Waals surface area contributed by atoms with E-state index in [1.54, 1.807) is 30.4 Å². The molecule has 1 aliphatic rings. The Morgan fingerprint density at radius 2 is 1.86 bits per heavy atom. The summed E-state index contributed by atoms with van der Waals surface area (Å²) >= 11 is 6.03. The highest BCUT2D eigenvalue weighted by atomic mass is 35.5. The SMILES string of the molecule is C=C(Nc1ccccc1C)/C(C)=C1\C=NC(c2c(F)ccc(Nc3cc(Cl)cnc3OC)c2F)=CN1C. The average Bonchev–Trinajstić information content (AvgIpc) is 2.87. The van der Waals surface area contributed by atoms with E-state index >= 15 is 4.39 Å². The maximum atomic E-state index is 15.6. The van der Waals surface area contributed by atoms with Gasteiger partial charge in [-0.1, -0.05) is 36.4 Å². The van der Waals surface area contributed by atoms with Crippen molar-refractivity contribution in [1.29, 1.82) is 0 Å². The van der Waals surface area contributed by atoms with Gasteiger partial charge in [0.2, 0.25) is 5.88 Å². The molecule has 1 aliphatic heterocycles. The highest BCUT2D eigenvalue weighted by Crippen LogP contribution is 2.35. The zero-order valence-corrected chi connectivity index (χ0v) is 21.6. The van der Waals surface area contributed by atoms with Gasteiger partial charge in [-0.25, -0.2) is 13.8 Å². The summed E-state index contributed by atoms with van der Waals surface area (Å²) in [5.74, 6) is -1.34. The lowest BCUT2D eigenvalue weighted by Crippen LogP contribution is -2.19. The number of pyridine rings is 1. The Bertz CT molecular complexity index is 1460. The molecule has 190 valence electrons. The summed E-state index contributed by atoms with van der Waals surface area (Å²) in [7, 11) is 3.22. The number of benzene rings is 2. The van der Waals surface area contributed by atoms with Crippen LogP contribution in [0.5, 0.6) is 5.88 Å². The van der Waals surface area contributed by atoms with Gasteiger partial charge in [-0.15, -0.1) is 0 Å². The third-order valence-corrected chi connectivity index (χ3v) is 6.12. The van der Waals surface area contributed by atoms with E-state index < -0.39 is 11.6 Å². The lowest BCUT2D eigenvalue weighted by atomic mass is 10.1. The van der Waals surface area contributed by atoms with Crippen LogP contribution >= 0.6 is 11.6 Å². The maximum absolute atomic E-state index is 15.6. The number of anilines is 3. The first-order valence-corrected chi connectivity index (χ1v) is 11.7. The van der Waals surface area contributed by atoms with Crippen molar-refractivity contribution in [2.75, 3.05) is 24.8 Å². The minimum Gasteiger partial charge on any atom is -0.480 e. The Hall–Kier alpha value is -4.17. The molecule has 0 unspecified atom stereocenters. The molecule has 9 heteroatoms. The van der Waals surface area contributed by atoms with Crippen molar-refractivity contribution in [3.63, 3.8) is 0 Å². The smallest absolute Gasteiger partial charge is 0.237 e. The summed E-state index contributed by atoms with van der Waals surface area (Å²) in [6.45, 7) is 8.06. The molecule has 0 saturated carbocycles. The molecule has 0 bridgehead atoms. The number of ether oxygens (including phenoxy) is 1. The van der Waals surface area contributed by atoms with Crippen molar-refractivity contribution in [3.05, 3.63) is 106 Å². The molecular weight excluding hydrogens is 496 g/mol. The fraction of sp³-hybridized carbons (Fsp3) is 0.143. The molecule has 6 nitrogen and oxygen atoms in total. The molecule has 0 radical (unpaired) electrons. The monoisotopic (exact) mass is 521 g/mol. The molecule has 0 spiro atoms. The molecule has 3 aromatic rings. The number of hydrogen-bond donors (Lipinski definition) is 2. The van der Waals surface area contributed by atoms with Gasteiger partial charge in [0, 0.05) is 30.8 Å². The van der Waals surface area contributed by atoms with Gasteiger partial charge in [0.25, 0.3) is 0 Å². The number of allylic oxidation sites excluding steroid dienone is 2. The van der Waals surface area contributed by atoms with Crippen LogP contribution in [0, 0.1) is 18.6 Å². The fourth-order valence-corrected chi connectivity index (χ4v) is 3.99. The van der Waals surface area contributed by atoms with E-state index in [2.05, 4.69) is 27.2 Å². The third kappa shape index (κ3) is 5.49. The summed E-state index contributed by atoms with van der Waals surface area (Å²) < 4.78 is 35.6. The lowest BCUT2D eigenvalue weighted by molar-refractivity contribution is 0.400. The number of aryl methyl sites for hydroxylation is 1. The molecule has 4 rings (SSSR count). The van der Waals surface area contributed by atoms with Gasteiger partial charge in [0.1, 0.15) is 11.5 Å². The number of halogens is 3. The van der Waals surface area contributed by atoms with Crippen LogP contribution in [0.15, 0.2) is 83.4 Å². The van der Waals surface area contributed by atoms with Crippen LogP contribution in [0.2, 0.25) is 5.02 Å². The second-order valence-electron chi connectivity index (χ2n) is 8.43. The first-order valence-electron chi connectivity index (χ1n) is 11.4. The number of nitrogens with one attached hydrogen (secondary N) is 2. The molecule has 1 aromatic heterocycles. The number of hydrogen-bond acceptors (Lipinski definition) is 6. The van der Waals surface area contributed by atoms with Crippen LogP contribution in [-0.4, -0.2) is 30.3 Å². The van der Waals surface area contributed by atoms with Crippen molar-refractivity contribution >= 4 is 40.6 Å². The minimum atomic E-state index is -0.811. The van der Waals surface area contributed by atoms with Crippen LogP contribution in [0.25, 0.3) is 5.70 Å². The van der Waals surface area contributed by atoms with E-state index in [1.807, 2.05) is 38.1 Å². The van der Waals surface area contributed by atoms with Gasteiger partial charge < -0.3 is 20.3 Å². The molecule has 0 amide bonds. The van der Waals surface area contributed by atoms with Crippen LogP contribution in [0.4, 0.5) is 25.8 Å². The largest absolute Gasteiger partial charge is 0.480 e. The molecule has 0 atom stereocenters. The number of aromatic nitrogens is 1. The molecule has 2 aromatic carbocycles. The average molecular weight is 522 g/mol. The number of aliphatic imine (C=N–C) groups is 1. The fourth-order valence-electron chi connectivity index (χ4n) is 3.83. The van der Waals surface area contributed by atoms with Crippen molar-refractivity contribution in [3.8, 4) is 5.88 Å². The Kier molecular flexibility index (Phi) is 7.59. The highest BCUT2D eigenvalue weighted by molar-refractivity contribution is 6.30. The molecular formula is C28H26ClF2N5O. The summed E-state index contributed by atoms with van der Waals surface area (Å²) in [6, 6.07) is 11.9. The zero-order chi connectivity index (χ0) is 26.7. The molecule has 37 heavy (non-hydrogen) atoms. The predicted octanol–water partition coefficient (Wildman–Crippen LogP) is 7.29. The molecule has 0 saturated heterocycles. The van der Waals surface area contributed by atoms with Gasteiger partial charge >= 0.3 is 0 Å². The van der Waals surface area contributed by atoms with E-state index in [0.29, 0.717) is 16.4 Å². The first-order chi connectivity index (χ1) is 17.7. The Labute approximate surface area is 219 Å². The summed E-state index contributed by atoms with van der Waals surface area (Å²) in [4.78, 5) is 10.2. The molecule has 2 N–H and O–H groups in total. The van der Waals surface area contributed by atoms with Crippen LogP contribution in [-0.2, 0) is 0 Å². The molecule has 0 aliphatic carbocycles. The van der Waals surface area contributed by atoms with Crippen molar-refractivity contribution in [2.24, 2.45) is 4.99 Å². The third-order valence-electron chi connectivity index (χ3n) is 5.92. The first kappa shape index (κ1) is 25.9. The van der Waals surface area contributed by atoms with Crippen molar-refractivity contribution in [1.82, 2.24) is 9.88 Å². The van der Waals surface area contributed by atoms with Gasteiger partial charge in [0.05, 0.1) is 41.0 Å². The number of rotatable bonds is 7. The number of para-hydroxylation sites is 1. The summed E-state index contributed by atoms with van der Waals surface area (Å²) in [5, 5.41) is 6.54. The minimum absolute atomic E-state index is 0.0193. The number of nitrogens with zero attached hydrogens (tertiary/aromatic N) is 3. The van der Waals surface area contributed by atoms with E-state index in [0.717, 1.165) is 22.5 Å². The Morgan fingerprint density at radius 3 is 2.57 bits per heavy atom. The van der Waals surface area contributed by atoms with E-state index in [1.165, 1.54) is 25.4 Å². The second kappa shape index (κ2) is 10.8. The Balaban J connectivity index is 1.62. The predicted molar refractivity (Wildman–Crippen MR) is 146 cm³/mol. The normalized spacial score (nSPS) is 14.2. The van der Waals surface area contributed by atoms with Crippen LogP contribution in [0.3, 0.4) is 0 Å². The van der Waals surface area contributed by atoms with E-state index in [9.17, 15) is 4.39 Å². The van der Waals surface area contributed by atoms with E-state index in [4.69, 9.17) is 16.3 Å². The van der Waals surface area contributed by atoms with Gasteiger partial charge in [-0.05, 0) is 49.2 Å². The maximum Gasteiger partial charge on any atom is 0.237 e. The zero-order valence-electron chi connectivity index (χ0n) is 20.9. The lowest BCUT2D eigenvalue weighted by Gasteiger charge is -2.25. The van der Waals surface area contributed by atoms with Gasteiger partial charge in [-0.2, -0.15) is 0 Å². The van der Waals surface area contributed by atoms with Gasteiger partial charge in [-0.3, -0.25) is 4.99 Å². The van der Waals surface area contributed by atoms with Crippen molar-refractivity contribution in [2.45, 2.75) is 13.8 Å². The molecule has 2 heterocycles. The quantitative estimate of drug-likeness (QED) is 0.342. The molecule has 0 fully saturated rings. The van der Waals surface area contributed by atoms with Gasteiger partial charge in [0.15, 0.2) is 5.82 Å². The van der Waals surface area contributed by atoms with Crippen LogP contribution < -0.4 is 15.4 Å². The summed E-state index contributed by atoms with van der Waals surface area (Å²) in [6.07, 6.45) is 4.55. The summed E-state index contributed by atoms with van der Waals surface area (Å²) in [5.41, 5.74) is 4.51. The second-order valence-corrected chi connectivity index (χ2v) is 8.87. The Morgan fingerprint density at radius 1 is 1.11 bits per heavy atom. The topological polar surface area (TPSA) is 61.8 Å². The highest BCUT2D eigenvalue weighted by Gasteiger charge is 2.22. The van der Waals surface area contributed by atoms with Crippen LogP contribution in [0.1, 0.15) is 18.1 Å².